The molecule has 0 saturated carbocycles. The average molecular weight is 995 g/mol. The summed E-state index contributed by atoms with van der Waals surface area (Å²) in [5, 5.41) is 6.89. The Kier molecular flexibility index (Phi) is 19.4. The lowest BCUT2D eigenvalue weighted by Crippen LogP contribution is -2.41. The van der Waals surface area contributed by atoms with Gasteiger partial charge in [-0.1, -0.05) is 140 Å². The Hall–Kier alpha value is -4.44. The summed E-state index contributed by atoms with van der Waals surface area (Å²) in [7, 11) is 0. The van der Waals surface area contributed by atoms with Gasteiger partial charge in [-0.05, 0) is 100 Å². The summed E-state index contributed by atoms with van der Waals surface area (Å²) in [5.74, 6) is -0.0313. The highest BCUT2D eigenvalue weighted by atomic mass is 32.2. The number of hydrogen-bond donors (Lipinski definition) is 2. The summed E-state index contributed by atoms with van der Waals surface area (Å²) >= 11 is 15.4. The standard InChI is InChI=1S/C54H70N6O4S4/c1-11-35(7)31-55-53(65)39-25-27-45-49(59(37(9)33-57(13-3)14-4)41-21-17-19-23-43(41)67-45)51(39)63-47(61)29-30-48(62)64-52-40(54(66)56-32-36(8)12-2)26-28-46-50(52)60(38(10)34-58(15-5)16-6)42-22-18-20-24-44(42)68-46/h17-30,35-38H,11-16,31-34H2,1-10H3,(H,55,65)(H,56,66)/b30-29+/t35-,36-,37-,38-/m0/s1. The van der Waals surface area contributed by atoms with Gasteiger partial charge in [-0.15, -0.1) is 0 Å². The summed E-state index contributed by atoms with van der Waals surface area (Å²) in [6.07, 6.45) is 4.27. The van der Waals surface area contributed by atoms with Crippen molar-refractivity contribution in [2.45, 2.75) is 114 Å². The summed E-state index contributed by atoms with van der Waals surface area (Å²) in [4.78, 5) is 43.0. The van der Waals surface area contributed by atoms with Gasteiger partial charge in [0.2, 0.25) is 0 Å². The zero-order valence-electron chi connectivity index (χ0n) is 41.5. The van der Waals surface area contributed by atoms with Gasteiger partial charge in [0.25, 0.3) is 0 Å². The van der Waals surface area contributed by atoms with Crippen LogP contribution in [0.1, 0.15) is 93.2 Å². The number of thiocarbonyl (C=S) groups is 2. The highest BCUT2D eigenvalue weighted by Gasteiger charge is 2.35. The number of anilines is 4. The molecule has 0 fully saturated rings. The molecule has 2 N–H and O–H groups in total. The second-order valence-corrected chi connectivity index (χ2v) is 20.7. The Morgan fingerprint density at radius 3 is 1.29 bits per heavy atom. The Balaban J connectivity index is 1.39. The number of para-hydroxylation sites is 2. The number of carbonyl (C=O) groups is 2. The molecule has 14 heteroatoms. The fraction of sp³-hybridized carbons (Fsp3) is 0.444. The molecule has 4 atom stereocenters. The van der Waals surface area contributed by atoms with E-state index in [4.69, 9.17) is 33.9 Å². The molecule has 6 rings (SSSR count). The molecule has 4 aromatic rings. The molecule has 0 amide bonds. The number of rotatable bonds is 22. The third-order valence-electron chi connectivity index (χ3n) is 12.9. The van der Waals surface area contributed by atoms with Crippen molar-refractivity contribution >= 4 is 92.6 Å². The normalized spacial score (nSPS) is 14.6. The van der Waals surface area contributed by atoms with Crippen molar-refractivity contribution in [3.63, 3.8) is 0 Å². The molecule has 0 spiro atoms. The molecule has 364 valence electrons. The van der Waals surface area contributed by atoms with Gasteiger partial charge in [0.15, 0.2) is 11.5 Å². The number of esters is 2. The van der Waals surface area contributed by atoms with Crippen molar-refractivity contribution in [2.75, 3.05) is 62.2 Å². The first-order valence-corrected chi connectivity index (χ1v) is 26.8. The van der Waals surface area contributed by atoms with Gasteiger partial charge in [-0.3, -0.25) is 0 Å². The average Bonchev–Trinajstić information content (AvgIpc) is 3.35. The number of carbonyl (C=O) groups excluding carboxylic acids is 2. The molecule has 68 heavy (non-hydrogen) atoms. The van der Waals surface area contributed by atoms with E-state index < -0.39 is 11.9 Å². The first kappa shape index (κ1) is 52.9. The van der Waals surface area contributed by atoms with E-state index >= 15 is 0 Å². The van der Waals surface area contributed by atoms with Crippen LogP contribution < -0.4 is 29.9 Å². The highest BCUT2D eigenvalue weighted by molar-refractivity contribution is 8.00. The van der Waals surface area contributed by atoms with E-state index in [-0.39, 0.29) is 12.1 Å². The summed E-state index contributed by atoms with van der Waals surface area (Å²) in [5.41, 5.74) is 4.77. The summed E-state index contributed by atoms with van der Waals surface area (Å²) in [6, 6.07) is 24.6. The number of benzene rings is 4. The van der Waals surface area contributed by atoms with Gasteiger partial charge in [0, 0.05) is 70.0 Å². The highest BCUT2D eigenvalue weighted by Crippen LogP contribution is 2.55. The van der Waals surface area contributed by atoms with Crippen LogP contribution in [0.15, 0.2) is 105 Å². The van der Waals surface area contributed by atoms with Crippen molar-refractivity contribution < 1.29 is 19.1 Å². The molecule has 2 aliphatic rings. The maximum absolute atomic E-state index is 14.3. The molecule has 4 aromatic carbocycles. The number of nitrogens with one attached hydrogen (secondary N) is 2. The van der Waals surface area contributed by atoms with Gasteiger partial charge in [0.1, 0.15) is 9.98 Å². The third-order valence-corrected chi connectivity index (χ3v) is 15.9. The smallest absolute Gasteiger partial charge is 0.336 e. The van der Waals surface area contributed by atoms with Gasteiger partial charge >= 0.3 is 11.9 Å². The number of nitrogens with zero attached hydrogens (tertiary/aromatic N) is 4. The molecular weight excluding hydrogens is 925 g/mol. The van der Waals surface area contributed by atoms with Crippen molar-refractivity contribution in [1.82, 2.24) is 20.4 Å². The molecule has 2 heterocycles. The molecule has 0 aliphatic carbocycles. The second kappa shape index (κ2) is 24.9. The number of fused-ring (bicyclic) bond motifs is 4. The molecular formula is C54H70N6O4S4. The second-order valence-electron chi connectivity index (χ2n) is 17.7. The van der Waals surface area contributed by atoms with Crippen molar-refractivity contribution in [2.24, 2.45) is 11.8 Å². The van der Waals surface area contributed by atoms with Crippen LogP contribution in [0.4, 0.5) is 22.7 Å². The minimum absolute atomic E-state index is 0.00764. The molecule has 0 radical (unpaired) electrons. The lowest BCUT2D eigenvalue weighted by atomic mass is 10.1. The van der Waals surface area contributed by atoms with Crippen LogP contribution in [0.2, 0.25) is 0 Å². The van der Waals surface area contributed by atoms with Gasteiger partial charge in [0.05, 0.1) is 33.9 Å². The lowest BCUT2D eigenvalue weighted by Gasteiger charge is -2.40. The van der Waals surface area contributed by atoms with E-state index in [1.807, 2.05) is 36.4 Å². The Labute approximate surface area is 425 Å². The molecule has 2 aliphatic heterocycles. The topological polar surface area (TPSA) is 89.6 Å². The van der Waals surface area contributed by atoms with Gasteiger partial charge in [-0.25, -0.2) is 9.59 Å². The van der Waals surface area contributed by atoms with Crippen LogP contribution in [0.25, 0.3) is 0 Å². The van der Waals surface area contributed by atoms with E-state index in [0.29, 0.717) is 57.5 Å². The monoisotopic (exact) mass is 994 g/mol. The molecule has 0 saturated heterocycles. The van der Waals surface area contributed by atoms with Crippen LogP contribution in [-0.2, 0) is 9.59 Å². The van der Waals surface area contributed by atoms with Crippen LogP contribution in [0.3, 0.4) is 0 Å². The molecule has 0 aromatic heterocycles. The summed E-state index contributed by atoms with van der Waals surface area (Å²) < 4.78 is 12.9. The first-order chi connectivity index (χ1) is 32.8. The zero-order chi connectivity index (χ0) is 49.1. The first-order valence-electron chi connectivity index (χ1n) is 24.4. The van der Waals surface area contributed by atoms with Crippen molar-refractivity contribution in [1.29, 1.82) is 0 Å². The minimum atomic E-state index is -0.735. The zero-order valence-corrected chi connectivity index (χ0v) is 44.8. The largest absolute Gasteiger partial charge is 0.420 e. The summed E-state index contributed by atoms with van der Waals surface area (Å²) in [6.45, 7) is 28.2. The Morgan fingerprint density at radius 1 is 0.574 bits per heavy atom. The number of ether oxygens (including phenoxy) is 2. The lowest BCUT2D eigenvalue weighted by molar-refractivity contribution is -0.131. The molecule has 0 bridgehead atoms. The maximum Gasteiger partial charge on any atom is 0.336 e. The maximum atomic E-state index is 14.3. The number of likely N-dealkylation sites (N-methyl/N-ethyl adjacent to an activating group) is 2. The minimum Gasteiger partial charge on any atom is -0.420 e. The number of hydrogen-bond acceptors (Lipinski definition) is 12. The van der Waals surface area contributed by atoms with Crippen LogP contribution in [-0.4, -0.2) is 96.2 Å². The van der Waals surface area contributed by atoms with E-state index in [0.717, 1.165) is 107 Å². The quantitative estimate of drug-likeness (QED) is 0.0339. The van der Waals surface area contributed by atoms with E-state index in [1.54, 1.807) is 23.5 Å². The van der Waals surface area contributed by atoms with Crippen LogP contribution in [0, 0.1) is 11.8 Å². The fourth-order valence-electron chi connectivity index (χ4n) is 8.46. The Bertz CT molecular complexity index is 2290. The molecule has 10 nitrogen and oxygen atoms in total. The fourth-order valence-corrected chi connectivity index (χ4v) is 11.1. The van der Waals surface area contributed by atoms with Crippen molar-refractivity contribution in [3.05, 3.63) is 96.1 Å². The van der Waals surface area contributed by atoms with Gasteiger partial charge in [-0.2, -0.15) is 0 Å². The van der Waals surface area contributed by atoms with Crippen LogP contribution in [0.5, 0.6) is 11.5 Å². The van der Waals surface area contributed by atoms with E-state index in [1.165, 1.54) is 0 Å². The van der Waals surface area contributed by atoms with Crippen molar-refractivity contribution in [3.8, 4) is 11.5 Å². The van der Waals surface area contributed by atoms with Gasteiger partial charge < -0.3 is 39.7 Å². The third kappa shape index (κ3) is 12.5. The predicted octanol–water partition coefficient (Wildman–Crippen LogP) is 12.0. The SMILES string of the molecule is CC[C@H](C)CNC(=S)c1ccc2c(c1OC(=O)/C=C/C(=O)Oc1c(C(=S)NC[C@@H](C)CC)ccc3c1N([C@@H](C)CN(CC)CC)c1ccccc1S3)N([C@@H](C)CN(CC)CC)c1ccccc1S2. The Morgan fingerprint density at radius 2 is 0.941 bits per heavy atom. The van der Waals surface area contributed by atoms with E-state index in [2.05, 4.69) is 136 Å². The van der Waals surface area contributed by atoms with Crippen LogP contribution >= 0.6 is 48.0 Å². The van der Waals surface area contributed by atoms with E-state index in [9.17, 15) is 9.59 Å². The predicted molar refractivity (Wildman–Crippen MR) is 292 cm³/mol. The molecule has 0 unspecified atom stereocenters.